The lowest BCUT2D eigenvalue weighted by molar-refractivity contribution is -0.136. The third-order valence-corrected chi connectivity index (χ3v) is 5.62. The molecule has 4 heteroatoms. The van der Waals surface area contributed by atoms with Gasteiger partial charge in [-0.15, -0.1) is 0 Å². The maximum Gasteiger partial charge on any atom is 0.239 e. The number of rotatable bonds is 4. The van der Waals surface area contributed by atoms with Crippen LogP contribution in [0.25, 0.3) is 0 Å². The molecule has 102 valence electrons. The van der Waals surface area contributed by atoms with Crippen molar-refractivity contribution in [2.24, 2.45) is 0 Å². The number of hydrogen-bond donors (Lipinski definition) is 1. The van der Waals surface area contributed by atoms with Gasteiger partial charge in [0.05, 0.1) is 6.04 Å². The van der Waals surface area contributed by atoms with Gasteiger partial charge in [0.25, 0.3) is 0 Å². The van der Waals surface area contributed by atoms with Gasteiger partial charge < -0.3 is 10.2 Å². The number of amides is 1. The lowest BCUT2D eigenvalue weighted by Crippen LogP contribution is -2.52. The smallest absolute Gasteiger partial charge is 0.239 e. The minimum atomic E-state index is 0.125. The fourth-order valence-corrected chi connectivity index (χ4v) is 4.33. The third-order valence-electron chi connectivity index (χ3n) is 4.24. The quantitative estimate of drug-likeness (QED) is 0.846. The van der Waals surface area contributed by atoms with Crippen molar-refractivity contribution in [1.82, 2.24) is 10.2 Å². The first-order valence-corrected chi connectivity index (χ1v) is 8.54. The van der Waals surface area contributed by atoms with E-state index >= 15 is 0 Å². The molecule has 1 saturated carbocycles. The molecule has 2 atom stereocenters. The normalized spacial score (nSPS) is 33.8. The summed E-state index contributed by atoms with van der Waals surface area (Å²) in [4.78, 5) is 14.5. The number of thioether (sulfide) groups is 1. The Kier molecular flexibility index (Phi) is 4.14. The van der Waals surface area contributed by atoms with Gasteiger partial charge in [-0.25, -0.2) is 0 Å². The van der Waals surface area contributed by atoms with Crippen LogP contribution in [0, 0.1) is 0 Å². The molecule has 0 aromatic rings. The van der Waals surface area contributed by atoms with E-state index in [1.165, 1.54) is 44.3 Å². The maximum absolute atomic E-state index is 12.4. The van der Waals surface area contributed by atoms with Gasteiger partial charge >= 0.3 is 0 Å². The van der Waals surface area contributed by atoms with Crippen LogP contribution in [-0.4, -0.2) is 47.0 Å². The third kappa shape index (κ3) is 3.21. The average Bonchev–Trinajstić information content (AvgIpc) is 3.20. The van der Waals surface area contributed by atoms with Gasteiger partial charge in [0.15, 0.2) is 0 Å². The SMILES string of the molecule is O=C1C(NC2CC2)CCCN1CC1CCCCS1. The van der Waals surface area contributed by atoms with Gasteiger partial charge in [0.1, 0.15) is 0 Å². The molecule has 0 bridgehead atoms. The van der Waals surface area contributed by atoms with E-state index in [2.05, 4.69) is 22.0 Å². The number of hydrogen-bond acceptors (Lipinski definition) is 3. The minimum absolute atomic E-state index is 0.125. The second-order valence-electron chi connectivity index (χ2n) is 5.91. The van der Waals surface area contributed by atoms with Gasteiger partial charge in [-0.2, -0.15) is 11.8 Å². The van der Waals surface area contributed by atoms with Gasteiger partial charge in [-0.05, 0) is 44.3 Å². The molecule has 1 N–H and O–H groups in total. The summed E-state index contributed by atoms with van der Waals surface area (Å²) in [5, 5.41) is 4.21. The van der Waals surface area contributed by atoms with Crippen LogP contribution in [0.15, 0.2) is 0 Å². The van der Waals surface area contributed by atoms with Crippen LogP contribution in [0.1, 0.15) is 44.9 Å². The van der Waals surface area contributed by atoms with Crippen LogP contribution in [-0.2, 0) is 4.79 Å². The Labute approximate surface area is 114 Å². The predicted octanol–water partition coefficient (Wildman–Crippen LogP) is 2.02. The Hall–Kier alpha value is -0.220. The molecule has 0 spiro atoms. The van der Waals surface area contributed by atoms with Crippen molar-refractivity contribution in [2.75, 3.05) is 18.8 Å². The number of likely N-dealkylation sites (tertiary alicyclic amines) is 1. The van der Waals surface area contributed by atoms with Crippen molar-refractivity contribution in [3.63, 3.8) is 0 Å². The molecule has 18 heavy (non-hydrogen) atoms. The zero-order valence-corrected chi connectivity index (χ0v) is 11.9. The Morgan fingerprint density at radius 3 is 2.78 bits per heavy atom. The summed E-state index contributed by atoms with van der Waals surface area (Å²) in [5.41, 5.74) is 0. The Bertz CT molecular complexity index is 300. The van der Waals surface area contributed by atoms with Gasteiger partial charge in [0.2, 0.25) is 5.91 Å². The molecule has 3 fully saturated rings. The largest absolute Gasteiger partial charge is 0.340 e. The lowest BCUT2D eigenvalue weighted by atomic mass is 10.0. The first-order valence-electron chi connectivity index (χ1n) is 7.49. The molecule has 2 saturated heterocycles. The van der Waals surface area contributed by atoms with E-state index in [-0.39, 0.29) is 6.04 Å². The molecular weight excluding hydrogens is 244 g/mol. The van der Waals surface area contributed by atoms with Crippen molar-refractivity contribution in [1.29, 1.82) is 0 Å². The highest BCUT2D eigenvalue weighted by atomic mass is 32.2. The molecule has 0 aromatic carbocycles. The summed E-state index contributed by atoms with van der Waals surface area (Å²) < 4.78 is 0. The lowest BCUT2D eigenvalue weighted by Gasteiger charge is -2.36. The monoisotopic (exact) mass is 268 g/mol. The standard InChI is InChI=1S/C14H24N2OS/c17-14-13(15-11-6-7-11)5-3-8-16(14)10-12-4-1-2-9-18-12/h11-13,15H,1-10H2. The van der Waals surface area contributed by atoms with E-state index in [1.807, 2.05) is 0 Å². The summed E-state index contributed by atoms with van der Waals surface area (Å²) in [6, 6.07) is 0.766. The summed E-state index contributed by atoms with van der Waals surface area (Å²) in [6.07, 6.45) is 8.77. The molecule has 3 aliphatic rings. The van der Waals surface area contributed by atoms with E-state index in [0.29, 0.717) is 17.2 Å². The first kappa shape index (κ1) is 12.8. The summed E-state index contributed by atoms with van der Waals surface area (Å²) in [6.45, 7) is 1.98. The van der Waals surface area contributed by atoms with E-state index < -0.39 is 0 Å². The maximum atomic E-state index is 12.4. The van der Waals surface area contributed by atoms with Gasteiger partial charge in [-0.1, -0.05) is 6.42 Å². The van der Waals surface area contributed by atoms with E-state index in [1.54, 1.807) is 0 Å². The van der Waals surface area contributed by atoms with Crippen molar-refractivity contribution in [2.45, 2.75) is 62.3 Å². The molecule has 3 rings (SSSR count). The summed E-state index contributed by atoms with van der Waals surface area (Å²) >= 11 is 2.07. The molecule has 1 amide bonds. The van der Waals surface area contributed by atoms with Crippen molar-refractivity contribution in [3.8, 4) is 0 Å². The van der Waals surface area contributed by atoms with E-state index in [4.69, 9.17) is 0 Å². The van der Waals surface area contributed by atoms with Crippen LogP contribution in [0.3, 0.4) is 0 Å². The molecule has 0 radical (unpaired) electrons. The average molecular weight is 268 g/mol. The number of carbonyl (C=O) groups excluding carboxylic acids is 1. The molecule has 0 aromatic heterocycles. The minimum Gasteiger partial charge on any atom is -0.340 e. The number of carbonyl (C=O) groups is 1. The number of nitrogens with zero attached hydrogens (tertiary/aromatic N) is 1. The molecular formula is C14H24N2OS. The summed E-state index contributed by atoms with van der Waals surface area (Å²) in [7, 11) is 0. The van der Waals surface area contributed by atoms with Crippen LogP contribution < -0.4 is 5.32 Å². The molecule has 3 nitrogen and oxygen atoms in total. The Morgan fingerprint density at radius 1 is 1.17 bits per heavy atom. The molecule has 2 heterocycles. The van der Waals surface area contributed by atoms with Crippen molar-refractivity contribution in [3.05, 3.63) is 0 Å². The number of nitrogens with one attached hydrogen (secondary N) is 1. The molecule has 2 unspecified atom stereocenters. The van der Waals surface area contributed by atoms with E-state index in [9.17, 15) is 4.79 Å². The van der Waals surface area contributed by atoms with Crippen LogP contribution in [0.4, 0.5) is 0 Å². The highest BCUT2D eigenvalue weighted by Gasteiger charge is 2.34. The zero-order chi connectivity index (χ0) is 12.4. The topological polar surface area (TPSA) is 32.3 Å². The summed E-state index contributed by atoms with van der Waals surface area (Å²) in [5.74, 6) is 1.66. The van der Waals surface area contributed by atoms with Crippen molar-refractivity contribution < 1.29 is 4.79 Å². The predicted molar refractivity (Wildman–Crippen MR) is 75.9 cm³/mol. The van der Waals surface area contributed by atoms with Gasteiger partial charge in [0, 0.05) is 24.4 Å². The van der Waals surface area contributed by atoms with Gasteiger partial charge in [-0.3, -0.25) is 4.79 Å². The fourth-order valence-electron chi connectivity index (χ4n) is 3.01. The molecule has 1 aliphatic carbocycles. The highest BCUT2D eigenvalue weighted by molar-refractivity contribution is 7.99. The van der Waals surface area contributed by atoms with Crippen LogP contribution >= 0.6 is 11.8 Å². The number of piperidine rings is 1. The van der Waals surface area contributed by atoms with Crippen LogP contribution in [0.2, 0.25) is 0 Å². The molecule has 2 aliphatic heterocycles. The highest BCUT2D eigenvalue weighted by Crippen LogP contribution is 2.27. The van der Waals surface area contributed by atoms with Crippen LogP contribution in [0.5, 0.6) is 0 Å². The Morgan fingerprint density at radius 2 is 2.06 bits per heavy atom. The Balaban J connectivity index is 1.51. The second-order valence-corrected chi connectivity index (χ2v) is 7.32. The fraction of sp³-hybridized carbons (Fsp3) is 0.929. The zero-order valence-electron chi connectivity index (χ0n) is 11.1. The van der Waals surface area contributed by atoms with E-state index in [0.717, 1.165) is 19.5 Å². The second kappa shape index (κ2) is 5.83. The first-order chi connectivity index (χ1) is 8.83. The van der Waals surface area contributed by atoms with Crippen molar-refractivity contribution >= 4 is 17.7 Å².